The molecule has 7 nitrogen and oxygen atoms in total. The quantitative estimate of drug-likeness (QED) is 0.401. The molecule has 0 radical (unpaired) electrons. The molecule has 1 rings (SSSR count). The van der Waals surface area contributed by atoms with Crippen molar-refractivity contribution in [3.63, 3.8) is 0 Å². The van der Waals surface area contributed by atoms with Crippen LogP contribution in [0.15, 0.2) is 18.2 Å². The number of primary amides is 1. The Hall–Kier alpha value is -2.44. The molecule has 0 bridgehead atoms. The van der Waals surface area contributed by atoms with E-state index in [9.17, 15) is 9.59 Å². The molecule has 1 aromatic carbocycles. The summed E-state index contributed by atoms with van der Waals surface area (Å²) < 4.78 is 9.45. The van der Waals surface area contributed by atoms with Crippen LogP contribution in [0.1, 0.15) is 17.3 Å². The van der Waals surface area contributed by atoms with Crippen LogP contribution in [-0.2, 0) is 9.47 Å². The van der Waals surface area contributed by atoms with Gasteiger partial charge in [0.1, 0.15) is 6.61 Å². The third kappa shape index (κ3) is 4.74. The Morgan fingerprint density at radius 2 is 2.05 bits per heavy atom. The number of nitrogens with two attached hydrogens (primary N) is 2. The zero-order chi connectivity index (χ0) is 14.3. The first-order valence-electron chi connectivity index (χ1n) is 5.77. The first kappa shape index (κ1) is 14.6. The molecule has 104 valence electrons. The lowest BCUT2D eigenvalue weighted by Crippen LogP contribution is -2.18. The van der Waals surface area contributed by atoms with Gasteiger partial charge in [0.15, 0.2) is 0 Å². The van der Waals surface area contributed by atoms with Gasteiger partial charge in [-0.2, -0.15) is 0 Å². The fourth-order valence-corrected chi connectivity index (χ4v) is 1.40. The van der Waals surface area contributed by atoms with Crippen molar-refractivity contribution in [3.05, 3.63) is 23.8 Å². The van der Waals surface area contributed by atoms with Gasteiger partial charge in [-0.3, -0.25) is 0 Å². The maximum absolute atomic E-state index is 11.6. The number of benzene rings is 1. The second-order valence-electron chi connectivity index (χ2n) is 3.62. The smallest absolute Gasteiger partial charge is 0.404 e. The lowest BCUT2D eigenvalue weighted by molar-refractivity contribution is 0.0527. The summed E-state index contributed by atoms with van der Waals surface area (Å²) in [6, 6.07) is 4.89. The minimum Gasteiger partial charge on any atom is -0.462 e. The summed E-state index contributed by atoms with van der Waals surface area (Å²) in [6.45, 7) is 2.50. The number of carbonyl (C=O) groups is 2. The predicted molar refractivity (Wildman–Crippen MR) is 70.8 cm³/mol. The monoisotopic (exact) mass is 267 g/mol. The molecule has 1 aromatic rings. The summed E-state index contributed by atoms with van der Waals surface area (Å²) in [5.41, 5.74) is 11.8. The average Bonchev–Trinajstić information content (AvgIpc) is 2.36. The van der Waals surface area contributed by atoms with Crippen LogP contribution in [0.25, 0.3) is 0 Å². The van der Waals surface area contributed by atoms with Gasteiger partial charge in [0.2, 0.25) is 0 Å². The number of hydrogen-bond acceptors (Lipinski definition) is 6. The standard InChI is InChI=1S/C12H17N3O4/c1-2-18-11(16)9-7-8(3-4-10(9)13)15-5-6-19-12(14)17/h3-4,7,15H,2,5-6,13H2,1H3,(H2,14,17). The van der Waals surface area contributed by atoms with E-state index in [4.69, 9.17) is 16.2 Å². The number of nitrogens with one attached hydrogen (secondary N) is 1. The average molecular weight is 267 g/mol. The minimum atomic E-state index is -0.827. The maximum atomic E-state index is 11.6. The van der Waals surface area contributed by atoms with Crippen LogP contribution in [0.2, 0.25) is 0 Å². The van der Waals surface area contributed by atoms with E-state index in [0.29, 0.717) is 23.5 Å². The molecule has 0 fully saturated rings. The minimum absolute atomic E-state index is 0.133. The topological polar surface area (TPSA) is 117 Å². The second-order valence-corrected chi connectivity index (χ2v) is 3.62. The lowest BCUT2D eigenvalue weighted by Gasteiger charge is -2.10. The number of anilines is 2. The molecule has 0 saturated carbocycles. The molecule has 0 aliphatic rings. The highest BCUT2D eigenvalue weighted by atomic mass is 16.5. The molecule has 0 saturated heterocycles. The van der Waals surface area contributed by atoms with E-state index in [1.807, 2.05) is 0 Å². The molecule has 0 heterocycles. The van der Waals surface area contributed by atoms with Crippen LogP contribution in [0, 0.1) is 0 Å². The second kappa shape index (κ2) is 7.10. The number of ether oxygens (including phenoxy) is 2. The van der Waals surface area contributed by atoms with Gasteiger partial charge in [0, 0.05) is 17.9 Å². The third-order valence-corrected chi connectivity index (χ3v) is 2.22. The van der Waals surface area contributed by atoms with Gasteiger partial charge in [-0.1, -0.05) is 0 Å². The van der Waals surface area contributed by atoms with Crippen LogP contribution in [0.4, 0.5) is 16.2 Å². The molecule has 5 N–H and O–H groups in total. The van der Waals surface area contributed by atoms with E-state index in [1.54, 1.807) is 25.1 Å². The van der Waals surface area contributed by atoms with Gasteiger partial charge in [-0.15, -0.1) is 0 Å². The molecule has 7 heteroatoms. The summed E-state index contributed by atoms with van der Waals surface area (Å²) >= 11 is 0. The SMILES string of the molecule is CCOC(=O)c1cc(NCCOC(N)=O)ccc1N. The molecular formula is C12H17N3O4. The third-order valence-electron chi connectivity index (χ3n) is 2.22. The number of rotatable bonds is 6. The van der Waals surface area contributed by atoms with E-state index in [1.165, 1.54) is 0 Å². The van der Waals surface area contributed by atoms with Gasteiger partial charge in [0.25, 0.3) is 0 Å². The van der Waals surface area contributed by atoms with Crippen molar-refractivity contribution in [3.8, 4) is 0 Å². The van der Waals surface area contributed by atoms with Gasteiger partial charge in [-0.25, -0.2) is 9.59 Å². The number of amides is 1. The highest BCUT2D eigenvalue weighted by Gasteiger charge is 2.11. The molecule has 1 amide bonds. The summed E-state index contributed by atoms with van der Waals surface area (Å²) in [7, 11) is 0. The number of esters is 1. The lowest BCUT2D eigenvalue weighted by atomic mass is 10.1. The highest BCUT2D eigenvalue weighted by molar-refractivity contribution is 5.96. The zero-order valence-electron chi connectivity index (χ0n) is 10.6. The predicted octanol–water partition coefficient (Wildman–Crippen LogP) is 0.953. The number of nitrogen functional groups attached to an aromatic ring is 1. The van der Waals surface area contributed by atoms with Crippen molar-refractivity contribution in [1.29, 1.82) is 0 Å². The van der Waals surface area contributed by atoms with E-state index in [0.717, 1.165) is 0 Å². The van der Waals surface area contributed by atoms with E-state index in [2.05, 4.69) is 10.1 Å². The van der Waals surface area contributed by atoms with Crippen LogP contribution in [0.5, 0.6) is 0 Å². The Kier molecular flexibility index (Phi) is 5.46. The van der Waals surface area contributed by atoms with Crippen molar-refractivity contribution >= 4 is 23.4 Å². The van der Waals surface area contributed by atoms with E-state index < -0.39 is 12.1 Å². The summed E-state index contributed by atoms with van der Waals surface area (Å²) in [4.78, 5) is 22.0. The molecule has 0 aliphatic heterocycles. The van der Waals surface area contributed by atoms with Crippen molar-refractivity contribution in [2.24, 2.45) is 5.73 Å². The molecule has 0 atom stereocenters. The van der Waals surface area contributed by atoms with E-state index in [-0.39, 0.29) is 13.2 Å². The Labute approximate surface area is 110 Å². The van der Waals surface area contributed by atoms with Crippen LogP contribution < -0.4 is 16.8 Å². The molecular weight excluding hydrogens is 250 g/mol. The van der Waals surface area contributed by atoms with Gasteiger partial charge >= 0.3 is 12.1 Å². The fraction of sp³-hybridized carbons (Fsp3) is 0.333. The summed E-state index contributed by atoms with van der Waals surface area (Å²) in [5.74, 6) is -0.475. The molecule has 0 aliphatic carbocycles. The number of carbonyl (C=O) groups excluding carboxylic acids is 2. The van der Waals surface area contributed by atoms with E-state index >= 15 is 0 Å². The zero-order valence-corrected chi connectivity index (χ0v) is 10.6. The number of hydrogen-bond donors (Lipinski definition) is 3. The summed E-state index contributed by atoms with van der Waals surface area (Å²) in [5, 5.41) is 2.97. The largest absolute Gasteiger partial charge is 0.462 e. The van der Waals surface area contributed by atoms with Gasteiger partial charge in [-0.05, 0) is 25.1 Å². The van der Waals surface area contributed by atoms with Gasteiger partial charge in [0.05, 0.1) is 12.2 Å². The van der Waals surface area contributed by atoms with Crippen LogP contribution >= 0.6 is 0 Å². The first-order valence-corrected chi connectivity index (χ1v) is 5.77. The maximum Gasteiger partial charge on any atom is 0.404 e. The van der Waals surface area contributed by atoms with Crippen LogP contribution in [0.3, 0.4) is 0 Å². The van der Waals surface area contributed by atoms with Crippen molar-refractivity contribution < 1.29 is 19.1 Å². The van der Waals surface area contributed by atoms with Crippen molar-refractivity contribution in [2.75, 3.05) is 30.8 Å². The molecule has 0 unspecified atom stereocenters. The van der Waals surface area contributed by atoms with Gasteiger partial charge < -0.3 is 26.3 Å². The fourth-order valence-electron chi connectivity index (χ4n) is 1.40. The molecule has 0 aromatic heterocycles. The summed E-state index contributed by atoms with van der Waals surface area (Å²) in [6.07, 6.45) is -0.827. The van der Waals surface area contributed by atoms with Crippen LogP contribution in [-0.4, -0.2) is 31.8 Å². The van der Waals surface area contributed by atoms with Crippen molar-refractivity contribution in [1.82, 2.24) is 0 Å². The Balaban J connectivity index is 2.63. The molecule has 0 spiro atoms. The first-order chi connectivity index (χ1) is 9.04. The Morgan fingerprint density at radius 1 is 1.32 bits per heavy atom. The Morgan fingerprint density at radius 3 is 2.68 bits per heavy atom. The normalized spacial score (nSPS) is 9.74. The van der Waals surface area contributed by atoms with Crippen molar-refractivity contribution in [2.45, 2.75) is 6.92 Å². The highest BCUT2D eigenvalue weighted by Crippen LogP contribution is 2.18. The Bertz CT molecular complexity index is 462. The molecule has 19 heavy (non-hydrogen) atoms.